The molecule has 0 aliphatic carbocycles. The lowest BCUT2D eigenvalue weighted by atomic mass is 10.1. The van der Waals surface area contributed by atoms with Crippen LogP contribution in [0.5, 0.6) is 17.2 Å². The minimum Gasteiger partial charge on any atom is -0.497 e. The Bertz CT molecular complexity index is 820. The summed E-state index contributed by atoms with van der Waals surface area (Å²) in [7, 11) is 4.83. The Labute approximate surface area is 173 Å². The molecule has 1 amide bonds. The molecule has 1 aliphatic heterocycles. The second-order valence-electron chi connectivity index (χ2n) is 6.17. The van der Waals surface area contributed by atoms with Crippen LogP contribution in [0.2, 0.25) is 0 Å². The first kappa shape index (κ1) is 19.6. The first-order valence-corrected chi connectivity index (χ1v) is 9.75. The van der Waals surface area contributed by atoms with Crippen molar-refractivity contribution < 1.29 is 19.0 Å². The molecule has 0 radical (unpaired) electrons. The molecule has 3 rings (SSSR count). The topological polar surface area (TPSA) is 51.2 Å². The highest BCUT2D eigenvalue weighted by atomic mass is 127. The Hall–Kier alpha value is -2.16. The Kier molecular flexibility index (Phi) is 6.30. The summed E-state index contributed by atoms with van der Waals surface area (Å²) in [5.41, 5.74) is 1.75. The lowest BCUT2D eigenvalue weighted by Gasteiger charge is -2.36. The summed E-state index contributed by atoms with van der Waals surface area (Å²) in [6.07, 6.45) is 0. The third-order valence-electron chi connectivity index (χ3n) is 4.69. The molecule has 27 heavy (non-hydrogen) atoms. The Morgan fingerprint density at radius 2 is 1.59 bits per heavy atom. The largest absolute Gasteiger partial charge is 0.497 e. The number of ether oxygens (including phenoxy) is 3. The van der Waals surface area contributed by atoms with Gasteiger partial charge in [0.2, 0.25) is 0 Å². The molecular formula is C20H23IN2O4. The zero-order chi connectivity index (χ0) is 19.4. The maximum absolute atomic E-state index is 13.0. The van der Waals surface area contributed by atoms with Crippen molar-refractivity contribution in [1.29, 1.82) is 0 Å². The zero-order valence-corrected chi connectivity index (χ0v) is 17.9. The molecule has 0 aromatic heterocycles. The van der Waals surface area contributed by atoms with Crippen molar-refractivity contribution in [2.24, 2.45) is 0 Å². The van der Waals surface area contributed by atoms with Crippen molar-refractivity contribution in [3.63, 3.8) is 0 Å². The number of carbonyl (C=O) groups excluding carboxylic acids is 1. The van der Waals surface area contributed by atoms with E-state index < -0.39 is 0 Å². The number of benzene rings is 2. The monoisotopic (exact) mass is 482 g/mol. The van der Waals surface area contributed by atoms with E-state index in [-0.39, 0.29) is 5.91 Å². The SMILES string of the molecule is COc1cccc(N2CCN(C(=O)c3cc(OC)c(OC)cc3I)CC2)c1. The summed E-state index contributed by atoms with van der Waals surface area (Å²) in [5.74, 6) is 2.05. The summed E-state index contributed by atoms with van der Waals surface area (Å²) in [5, 5.41) is 0. The fourth-order valence-electron chi connectivity index (χ4n) is 3.16. The minimum atomic E-state index is 0.0191. The predicted molar refractivity (Wildman–Crippen MR) is 113 cm³/mol. The van der Waals surface area contributed by atoms with Gasteiger partial charge in [0.1, 0.15) is 5.75 Å². The highest BCUT2D eigenvalue weighted by Crippen LogP contribution is 2.32. The van der Waals surface area contributed by atoms with Crippen LogP contribution >= 0.6 is 22.6 Å². The van der Waals surface area contributed by atoms with Crippen LogP contribution in [-0.2, 0) is 0 Å². The lowest BCUT2D eigenvalue weighted by Crippen LogP contribution is -2.49. The summed E-state index contributed by atoms with van der Waals surface area (Å²) < 4.78 is 16.8. The minimum absolute atomic E-state index is 0.0191. The molecule has 0 atom stereocenters. The number of amides is 1. The van der Waals surface area contributed by atoms with Crippen molar-refractivity contribution in [2.45, 2.75) is 0 Å². The predicted octanol–water partition coefficient (Wildman–Crippen LogP) is 3.28. The van der Waals surface area contributed by atoms with Crippen LogP contribution in [0.1, 0.15) is 10.4 Å². The van der Waals surface area contributed by atoms with Crippen LogP contribution in [0.4, 0.5) is 5.69 Å². The van der Waals surface area contributed by atoms with E-state index in [0.717, 1.165) is 28.1 Å². The van der Waals surface area contributed by atoms with Gasteiger partial charge in [-0.05, 0) is 46.9 Å². The maximum atomic E-state index is 13.0. The molecule has 6 nitrogen and oxygen atoms in total. The smallest absolute Gasteiger partial charge is 0.255 e. The van der Waals surface area contributed by atoms with E-state index in [9.17, 15) is 4.79 Å². The van der Waals surface area contributed by atoms with Gasteiger partial charge in [-0.3, -0.25) is 4.79 Å². The number of anilines is 1. The van der Waals surface area contributed by atoms with Gasteiger partial charge in [0, 0.05) is 41.5 Å². The van der Waals surface area contributed by atoms with Gasteiger partial charge < -0.3 is 24.0 Å². The normalized spacial score (nSPS) is 14.1. The third-order valence-corrected chi connectivity index (χ3v) is 5.58. The van der Waals surface area contributed by atoms with Crippen LogP contribution in [0.25, 0.3) is 0 Å². The fraction of sp³-hybridized carbons (Fsp3) is 0.350. The number of rotatable bonds is 5. The molecule has 7 heteroatoms. The average molecular weight is 482 g/mol. The second kappa shape index (κ2) is 8.69. The quantitative estimate of drug-likeness (QED) is 0.613. The van der Waals surface area contributed by atoms with Gasteiger partial charge in [0.05, 0.1) is 26.9 Å². The van der Waals surface area contributed by atoms with Crippen LogP contribution < -0.4 is 19.1 Å². The van der Waals surface area contributed by atoms with E-state index in [2.05, 4.69) is 33.6 Å². The molecule has 1 fully saturated rings. The molecule has 0 spiro atoms. The standard InChI is InChI=1S/C20H23IN2O4/c1-25-15-6-4-5-14(11-15)22-7-9-23(10-8-22)20(24)16-12-18(26-2)19(27-3)13-17(16)21/h4-6,11-13H,7-10H2,1-3H3. The van der Waals surface area contributed by atoms with E-state index in [1.54, 1.807) is 27.4 Å². The summed E-state index contributed by atoms with van der Waals surface area (Å²) >= 11 is 2.17. The van der Waals surface area contributed by atoms with Crippen LogP contribution in [0.15, 0.2) is 36.4 Å². The number of hydrogen-bond donors (Lipinski definition) is 0. The number of hydrogen-bond acceptors (Lipinski definition) is 5. The first-order chi connectivity index (χ1) is 13.1. The average Bonchev–Trinajstić information content (AvgIpc) is 2.73. The van der Waals surface area contributed by atoms with E-state index in [4.69, 9.17) is 14.2 Å². The highest BCUT2D eigenvalue weighted by molar-refractivity contribution is 14.1. The van der Waals surface area contributed by atoms with Crippen LogP contribution in [-0.4, -0.2) is 58.3 Å². The summed E-state index contributed by atoms with van der Waals surface area (Å²) in [6, 6.07) is 11.6. The van der Waals surface area contributed by atoms with Crippen molar-refractivity contribution in [2.75, 3.05) is 52.4 Å². The molecule has 2 aromatic rings. The second-order valence-corrected chi connectivity index (χ2v) is 7.33. The molecule has 0 bridgehead atoms. The molecule has 144 valence electrons. The molecule has 0 saturated carbocycles. The number of nitrogens with zero attached hydrogens (tertiary/aromatic N) is 2. The van der Waals surface area contributed by atoms with Crippen molar-refractivity contribution in [1.82, 2.24) is 4.90 Å². The van der Waals surface area contributed by atoms with E-state index in [1.807, 2.05) is 29.2 Å². The number of piperazine rings is 1. The molecule has 2 aromatic carbocycles. The summed E-state index contributed by atoms with van der Waals surface area (Å²) in [4.78, 5) is 17.2. The first-order valence-electron chi connectivity index (χ1n) is 8.67. The Morgan fingerprint density at radius 3 is 2.22 bits per heavy atom. The van der Waals surface area contributed by atoms with Gasteiger partial charge in [0.15, 0.2) is 11.5 Å². The molecule has 1 saturated heterocycles. The fourth-order valence-corrected chi connectivity index (χ4v) is 3.83. The molecule has 1 aliphatic rings. The number of methoxy groups -OCH3 is 3. The van der Waals surface area contributed by atoms with Crippen molar-refractivity contribution in [3.8, 4) is 17.2 Å². The van der Waals surface area contributed by atoms with Crippen LogP contribution in [0, 0.1) is 3.57 Å². The van der Waals surface area contributed by atoms with Gasteiger partial charge >= 0.3 is 0 Å². The van der Waals surface area contributed by atoms with Gasteiger partial charge in [-0.2, -0.15) is 0 Å². The van der Waals surface area contributed by atoms with Gasteiger partial charge in [0.25, 0.3) is 5.91 Å². The summed E-state index contributed by atoms with van der Waals surface area (Å²) in [6.45, 7) is 2.90. The molecule has 1 heterocycles. The lowest BCUT2D eigenvalue weighted by molar-refractivity contribution is 0.0745. The van der Waals surface area contributed by atoms with E-state index >= 15 is 0 Å². The highest BCUT2D eigenvalue weighted by Gasteiger charge is 2.25. The maximum Gasteiger partial charge on any atom is 0.255 e. The zero-order valence-electron chi connectivity index (χ0n) is 15.7. The Morgan fingerprint density at radius 1 is 0.926 bits per heavy atom. The third kappa shape index (κ3) is 4.23. The van der Waals surface area contributed by atoms with Crippen LogP contribution in [0.3, 0.4) is 0 Å². The van der Waals surface area contributed by atoms with E-state index in [1.165, 1.54) is 0 Å². The van der Waals surface area contributed by atoms with Gasteiger partial charge in [-0.15, -0.1) is 0 Å². The van der Waals surface area contributed by atoms with Crippen molar-refractivity contribution >= 4 is 34.2 Å². The molecule has 0 N–H and O–H groups in total. The van der Waals surface area contributed by atoms with Gasteiger partial charge in [-0.25, -0.2) is 0 Å². The molecule has 0 unspecified atom stereocenters. The number of carbonyl (C=O) groups is 1. The Balaban J connectivity index is 1.71. The van der Waals surface area contributed by atoms with Gasteiger partial charge in [-0.1, -0.05) is 6.07 Å². The number of halogens is 1. The van der Waals surface area contributed by atoms with Crippen molar-refractivity contribution in [3.05, 3.63) is 45.5 Å². The molecular weight excluding hydrogens is 459 g/mol. The van der Waals surface area contributed by atoms with E-state index in [0.29, 0.717) is 30.2 Å².